The number of rotatable bonds is 55. The summed E-state index contributed by atoms with van der Waals surface area (Å²) in [6.07, 6.45) is 70.0. The van der Waals surface area contributed by atoms with Crippen molar-refractivity contribution in [2.45, 2.75) is 328 Å². The third-order valence-electron chi connectivity index (χ3n) is 13.7. The van der Waals surface area contributed by atoms with Crippen molar-refractivity contribution in [3.05, 3.63) is 36.5 Å². The molecule has 394 valence electrons. The zero-order valence-corrected chi connectivity index (χ0v) is 44.9. The summed E-state index contributed by atoms with van der Waals surface area (Å²) in [6.45, 7) is 4.92. The first-order valence-corrected chi connectivity index (χ1v) is 29.7. The molecule has 0 fully saturated rings. The van der Waals surface area contributed by atoms with Crippen molar-refractivity contribution >= 4 is 11.9 Å². The topological polar surface area (TPSA) is 95.9 Å². The molecule has 0 saturated carbocycles. The molecule has 6 nitrogen and oxygen atoms in total. The van der Waals surface area contributed by atoms with Crippen LogP contribution in [-0.2, 0) is 14.3 Å². The summed E-state index contributed by atoms with van der Waals surface area (Å²) in [5, 5.41) is 23.2. The Hall–Kier alpha value is -1.92. The van der Waals surface area contributed by atoms with Gasteiger partial charge in [0.15, 0.2) is 0 Å². The van der Waals surface area contributed by atoms with Crippen LogP contribution in [0.5, 0.6) is 0 Å². The normalized spacial score (nSPS) is 12.8. The maximum Gasteiger partial charge on any atom is 0.305 e. The highest BCUT2D eigenvalue weighted by molar-refractivity contribution is 5.76. The number of allylic oxidation sites excluding steroid dienone is 6. The maximum absolute atomic E-state index is 12.4. The molecule has 0 aromatic rings. The number of carbonyl (C=O) groups is 2. The summed E-state index contributed by atoms with van der Waals surface area (Å²) in [5.41, 5.74) is 0. The van der Waals surface area contributed by atoms with Crippen molar-refractivity contribution in [1.82, 2.24) is 5.32 Å². The maximum atomic E-state index is 12.4. The van der Waals surface area contributed by atoms with Crippen LogP contribution >= 0.6 is 0 Å². The van der Waals surface area contributed by atoms with Crippen LogP contribution in [0.1, 0.15) is 316 Å². The molecule has 0 aliphatic heterocycles. The largest absolute Gasteiger partial charge is 0.466 e. The summed E-state index contributed by atoms with van der Waals surface area (Å²) in [4.78, 5) is 24.5. The number of hydrogen-bond acceptors (Lipinski definition) is 5. The quantitative estimate of drug-likeness (QED) is 0.0321. The van der Waals surface area contributed by atoms with E-state index in [9.17, 15) is 19.8 Å². The second-order valence-electron chi connectivity index (χ2n) is 20.3. The minimum atomic E-state index is -0.667. The van der Waals surface area contributed by atoms with Gasteiger partial charge in [-0.25, -0.2) is 0 Å². The zero-order chi connectivity index (χ0) is 48.6. The molecule has 67 heavy (non-hydrogen) atoms. The number of aliphatic hydroxyl groups is 2. The fourth-order valence-electron chi connectivity index (χ4n) is 9.08. The molecule has 0 heterocycles. The predicted molar refractivity (Wildman–Crippen MR) is 292 cm³/mol. The third-order valence-corrected chi connectivity index (χ3v) is 13.7. The van der Waals surface area contributed by atoms with E-state index in [1.807, 2.05) is 0 Å². The number of carbonyl (C=O) groups excluding carboxylic acids is 2. The second kappa shape index (κ2) is 56.7. The highest BCUT2D eigenvalue weighted by atomic mass is 16.5. The molecular weight excluding hydrogens is 827 g/mol. The summed E-state index contributed by atoms with van der Waals surface area (Å²) in [7, 11) is 0. The van der Waals surface area contributed by atoms with Crippen molar-refractivity contribution in [2.24, 2.45) is 0 Å². The van der Waals surface area contributed by atoms with E-state index in [0.29, 0.717) is 25.9 Å². The molecule has 2 atom stereocenters. The summed E-state index contributed by atoms with van der Waals surface area (Å²) < 4.78 is 5.48. The predicted octanol–water partition coefficient (Wildman–Crippen LogP) is 18.4. The molecule has 0 aromatic heterocycles. The van der Waals surface area contributed by atoms with Crippen LogP contribution in [0.4, 0.5) is 0 Å². The Bertz CT molecular complexity index is 1090. The zero-order valence-electron chi connectivity index (χ0n) is 44.9. The molecule has 0 aromatic carbocycles. The van der Waals surface area contributed by atoms with E-state index in [1.54, 1.807) is 0 Å². The lowest BCUT2D eigenvalue weighted by molar-refractivity contribution is -0.143. The Kier molecular flexibility index (Phi) is 55.0. The van der Waals surface area contributed by atoms with Crippen molar-refractivity contribution in [3.8, 4) is 0 Å². The summed E-state index contributed by atoms with van der Waals surface area (Å²) >= 11 is 0. The van der Waals surface area contributed by atoms with E-state index >= 15 is 0 Å². The third kappa shape index (κ3) is 53.3. The molecule has 3 N–H and O–H groups in total. The molecule has 0 saturated heterocycles. The average molecular weight is 943 g/mol. The molecule has 2 unspecified atom stereocenters. The Morgan fingerprint density at radius 2 is 0.746 bits per heavy atom. The number of unbranched alkanes of at least 4 members (excludes halogenated alkanes) is 38. The Morgan fingerprint density at radius 3 is 1.18 bits per heavy atom. The van der Waals surface area contributed by atoms with Gasteiger partial charge in [0, 0.05) is 12.8 Å². The number of esters is 1. The molecule has 0 aliphatic carbocycles. The second-order valence-corrected chi connectivity index (χ2v) is 20.3. The van der Waals surface area contributed by atoms with E-state index in [1.165, 1.54) is 231 Å². The first kappa shape index (κ1) is 65.1. The van der Waals surface area contributed by atoms with E-state index in [-0.39, 0.29) is 18.5 Å². The van der Waals surface area contributed by atoms with Crippen molar-refractivity contribution in [1.29, 1.82) is 0 Å². The highest BCUT2D eigenvalue weighted by Gasteiger charge is 2.20. The van der Waals surface area contributed by atoms with Gasteiger partial charge in [-0.05, 0) is 83.5 Å². The van der Waals surface area contributed by atoms with Crippen LogP contribution in [0, 0.1) is 0 Å². The van der Waals surface area contributed by atoms with Crippen molar-refractivity contribution < 1.29 is 24.5 Å². The van der Waals surface area contributed by atoms with Gasteiger partial charge < -0.3 is 20.3 Å². The molecule has 0 bridgehead atoms. The number of amides is 1. The van der Waals surface area contributed by atoms with Crippen LogP contribution in [0.25, 0.3) is 0 Å². The fourth-order valence-corrected chi connectivity index (χ4v) is 9.08. The van der Waals surface area contributed by atoms with Crippen LogP contribution in [0.3, 0.4) is 0 Å². The molecule has 0 rings (SSSR count). The minimum Gasteiger partial charge on any atom is -0.466 e. The van der Waals surface area contributed by atoms with Crippen molar-refractivity contribution in [2.75, 3.05) is 13.2 Å². The summed E-state index contributed by atoms with van der Waals surface area (Å²) in [5.74, 6) is -0.0410. The molecule has 0 aliphatic rings. The Morgan fingerprint density at radius 1 is 0.418 bits per heavy atom. The van der Waals surface area contributed by atoms with Gasteiger partial charge in [0.2, 0.25) is 5.91 Å². The van der Waals surface area contributed by atoms with Crippen LogP contribution < -0.4 is 5.32 Å². The number of ether oxygens (including phenoxy) is 1. The molecule has 6 heteroatoms. The number of hydrogen-bond donors (Lipinski definition) is 3. The lowest BCUT2D eigenvalue weighted by atomic mass is 10.0. The molecule has 0 spiro atoms. The van der Waals surface area contributed by atoms with Gasteiger partial charge in [-0.3, -0.25) is 9.59 Å². The van der Waals surface area contributed by atoms with Gasteiger partial charge in [-0.1, -0.05) is 256 Å². The standard InChI is InChI=1S/C61H115NO5/c1-3-5-7-9-11-13-15-16-17-24-28-31-35-39-43-47-51-55-61(66)67-56-52-48-44-40-36-32-29-26-23-21-19-18-20-22-25-27-30-34-38-42-46-50-54-60(65)62-58(57-63)59(64)53-49-45-41-37-33-14-12-10-8-6-4-2/h11,13,16-17,20,22,58-59,63-64H,3-10,12,14-15,18-19,21,23-57H2,1-2H3,(H,62,65)/b13-11-,17-16-,22-20-. The molecule has 0 radical (unpaired) electrons. The molecule has 1 amide bonds. The Labute approximate surface area is 417 Å². The van der Waals surface area contributed by atoms with E-state index in [4.69, 9.17) is 4.74 Å². The monoisotopic (exact) mass is 942 g/mol. The van der Waals surface area contributed by atoms with Gasteiger partial charge >= 0.3 is 5.97 Å². The van der Waals surface area contributed by atoms with Crippen molar-refractivity contribution in [3.63, 3.8) is 0 Å². The first-order valence-electron chi connectivity index (χ1n) is 29.7. The van der Waals surface area contributed by atoms with Gasteiger partial charge in [-0.2, -0.15) is 0 Å². The van der Waals surface area contributed by atoms with E-state index in [0.717, 1.165) is 51.4 Å². The van der Waals surface area contributed by atoms with Crippen LogP contribution in [-0.4, -0.2) is 47.4 Å². The lowest BCUT2D eigenvalue weighted by Gasteiger charge is -2.22. The fraction of sp³-hybridized carbons (Fsp3) is 0.869. The van der Waals surface area contributed by atoms with Crippen LogP contribution in [0.15, 0.2) is 36.5 Å². The molecular formula is C61H115NO5. The SMILES string of the molecule is CCCCC/C=C\C/C=C\CCCCCCCCCC(=O)OCCCCCCCCCCCCC/C=C\CCCCCCCCCC(=O)NC(CO)C(O)CCCCCCCCCCCCC. The van der Waals surface area contributed by atoms with Gasteiger partial charge in [0.1, 0.15) is 0 Å². The number of nitrogens with one attached hydrogen (secondary N) is 1. The Balaban J connectivity index is 3.40. The first-order chi connectivity index (χ1) is 33.0. The summed E-state index contributed by atoms with van der Waals surface area (Å²) in [6, 6.07) is -0.545. The van der Waals surface area contributed by atoms with Crippen LogP contribution in [0.2, 0.25) is 0 Å². The average Bonchev–Trinajstić information content (AvgIpc) is 3.33. The van der Waals surface area contributed by atoms with Gasteiger partial charge in [0.25, 0.3) is 0 Å². The lowest BCUT2D eigenvalue weighted by Crippen LogP contribution is -2.45. The van der Waals surface area contributed by atoms with Gasteiger partial charge in [0.05, 0.1) is 25.4 Å². The highest BCUT2D eigenvalue weighted by Crippen LogP contribution is 2.17. The van der Waals surface area contributed by atoms with Gasteiger partial charge in [-0.15, -0.1) is 0 Å². The van der Waals surface area contributed by atoms with E-state index in [2.05, 4.69) is 55.6 Å². The van der Waals surface area contributed by atoms with E-state index < -0.39 is 12.1 Å². The smallest absolute Gasteiger partial charge is 0.305 e. The number of aliphatic hydroxyl groups excluding tert-OH is 2. The minimum absolute atomic E-state index is 0.00201.